The number of rotatable bonds is 3. The van der Waals surface area contributed by atoms with Gasteiger partial charge in [-0.05, 0) is 38.0 Å². The van der Waals surface area contributed by atoms with Crippen LogP contribution in [0.1, 0.15) is 39.6 Å². The molecular weight excluding hydrogens is 360 g/mol. The number of nitriles is 1. The Bertz CT molecular complexity index is 1030. The van der Waals surface area contributed by atoms with Crippen molar-refractivity contribution in [2.24, 2.45) is 0 Å². The predicted octanol–water partition coefficient (Wildman–Crippen LogP) is 2.72. The van der Waals surface area contributed by atoms with E-state index in [1.807, 2.05) is 12.3 Å². The van der Waals surface area contributed by atoms with Crippen LogP contribution in [0.25, 0.3) is 11.5 Å². The molecular formula is C19H18N6OS. The van der Waals surface area contributed by atoms with Gasteiger partial charge in [0.2, 0.25) is 0 Å². The van der Waals surface area contributed by atoms with E-state index in [2.05, 4.69) is 31.1 Å². The fraction of sp³-hybridized carbons (Fsp3) is 0.316. The second-order valence-electron chi connectivity index (χ2n) is 6.53. The molecule has 2 aromatic heterocycles. The lowest BCUT2D eigenvalue weighted by Gasteiger charge is -2.16. The molecule has 1 aromatic carbocycles. The number of aromatic nitrogens is 4. The number of thiazole rings is 1. The van der Waals surface area contributed by atoms with Crippen molar-refractivity contribution >= 4 is 17.2 Å². The molecule has 8 heteroatoms. The van der Waals surface area contributed by atoms with Crippen LogP contribution in [0.3, 0.4) is 0 Å². The van der Waals surface area contributed by atoms with Crippen molar-refractivity contribution in [2.75, 3.05) is 0 Å². The minimum Gasteiger partial charge on any atom is -0.349 e. The quantitative estimate of drug-likeness (QED) is 0.756. The Balaban J connectivity index is 1.47. The molecule has 3 heterocycles. The smallest absolute Gasteiger partial charge is 0.251 e. The lowest BCUT2D eigenvalue weighted by molar-refractivity contribution is 0.0933. The van der Waals surface area contributed by atoms with Crippen LogP contribution in [0.15, 0.2) is 29.6 Å². The molecule has 1 aliphatic rings. The zero-order valence-corrected chi connectivity index (χ0v) is 15.7. The first-order valence-electron chi connectivity index (χ1n) is 8.79. The Morgan fingerprint density at radius 1 is 1.37 bits per heavy atom. The van der Waals surface area contributed by atoms with E-state index in [9.17, 15) is 4.79 Å². The second kappa shape index (κ2) is 7.29. The fourth-order valence-electron chi connectivity index (χ4n) is 3.29. The zero-order chi connectivity index (χ0) is 18.8. The molecule has 27 heavy (non-hydrogen) atoms. The standard InChI is InChI=1S/C19H18N6OS/c1-12-21-16(11-27-12)18-24-23-17-6-5-15(7-8-25(17)18)22-19(26)14-4-2-3-13(9-14)10-20/h2-4,9,11,15H,5-8H2,1H3,(H,22,26). The summed E-state index contributed by atoms with van der Waals surface area (Å²) in [5.41, 5.74) is 1.85. The Kier molecular flexibility index (Phi) is 4.69. The van der Waals surface area contributed by atoms with Crippen LogP contribution in [0.4, 0.5) is 0 Å². The highest BCUT2D eigenvalue weighted by atomic mass is 32.1. The van der Waals surface area contributed by atoms with Crippen LogP contribution in [0.2, 0.25) is 0 Å². The number of nitrogens with one attached hydrogen (secondary N) is 1. The number of aryl methyl sites for hydroxylation is 2. The van der Waals surface area contributed by atoms with Crippen LogP contribution in [0, 0.1) is 18.3 Å². The summed E-state index contributed by atoms with van der Waals surface area (Å²) in [5.74, 6) is 1.58. The topological polar surface area (TPSA) is 96.5 Å². The molecule has 3 aromatic rings. The van der Waals surface area contributed by atoms with Crippen LogP contribution in [-0.2, 0) is 13.0 Å². The first-order chi connectivity index (χ1) is 13.1. The van der Waals surface area contributed by atoms with Crippen molar-refractivity contribution in [3.63, 3.8) is 0 Å². The summed E-state index contributed by atoms with van der Waals surface area (Å²) in [6.45, 7) is 2.71. The Hall–Kier alpha value is -3.05. The normalized spacial score (nSPS) is 16.2. The average molecular weight is 378 g/mol. The minimum atomic E-state index is -0.148. The summed E-state index contributed by atoms with van der Waals surface area (Å²) in [6.07, 6.45) is 2.35. The van der Waals surface area contributed by atoms with Crippen molar-refractivity contribution in [1.82, 2.24) is 25.1 Å². The molecule has 0 bridgehead atoms. The molecule has 0 aliphatic carbocycles. The fourth-order valence-corrected chi connectivity index (χ4v) is 3.88. The van der Waals surface area contributed by atoms with Crippen molar-refractivity contribution in [2.45, 2.75) is 38.8 Å². The van der Waals surface area contributed by atoms with Crippen molar-refractivity contribution < 1.29 is 4.79 Å². The summed E-state index contributed by atoms with van der Waals surface area (Å²) >= 11 is 1.60. The van der Waals surface area contributed by atoms with Gasteiger partial charge in [-0.25, -0.2) is 4.98 Å². The highest BCUT2D eigenvalue weighted by Crippen LogP contribution is 2.24. The van der Waals surface area contributed by atoms with Gasteiger partial charge in [0.05, 0.1) is 16.6 Å². The highest BCUT2D eigenvalue weighted by molar-refractivity contribution is 7.09. The van der Waals surface area contributed by atoms with Gasteiger partial charge in [-0.15, -0.1) is 21.5 Å². The van der Waals surface area contributed by atoms with Crippen LogP contribution in [0.5, 0.6) is 0 Å². The van der Waals surface area contributed by atoms with Gasteiger partial charge in [-0.1, -0.05) is 6.07 Å². The predicted molar refractivity (Wildman–Crippen MR) is 101 cm³/mol. The van der Waals surface area contributed by atoms with E-state index in [4.69, 9.17) is 5.26 Å². The van der Waals surface area contributed by atoms with Gasteiger partial charge in [0.15, 0.2) is 5.82 Å². The van der Waals surface area contributed by atoms with Crippen molar-refractivity contribution in [1.29, 1.82) is 5.26 Å². The third-order valence-electron chi connectivity index (χ3n) is 4.68. The van der Waals surface area contributed by atoms with Gasteiger partial charge in [-0.3, -0.25) is 4.79 Å². The van der Waals surface area contributed by atoms with E-state index in [1.54, 1.807) is 35.6 Å². The Labute approximate surface area is 160 Å². The summed E-state index contributed by atoms with van der Waals surface area (Å²) in [7, 11) is 0. The molecule has 0 spiro atoms. The molecule has 1 aliphatic heterocycles. The summed E-state index contributed by atoms with van der Waals surface area (Å²) in [6, 6.07) is 8.87. The molecule has 0 radical (unpaired) electrons. The molecule has 136 valence electrons. The second-order valence-corrected chi connectivity index (χ2v) is 7.60. The van der Waals surface area contributed by atoms with E-state index < -0.39 is 0 Å². The maximum Gasteiger partial charge on any atom is 0.251 e. The average Bonchev–Trinajstić information content (AvgIpc) is 3.24. The number of nitrogens with zero attached hydrogens (tertiary/aromatic N) is 5. The van der Waals surface area contributed by atoms with Gasteiger partial charge in [0, 0.05) is 30.0 Å². The lowest BCUT2D eigenvalue weighted by atomic mass is 10.1. The number of carbonyl (C=O) groups is 1. The molecule has 0 saturated heterocycles. The number of hydrogen-bond donors (Lipinski definition) is 1. The summed E-state index contributed by atoms with van der Waals surface area (Å²) in [5, 5.41) is 23.7. The Morgan fingerprint density at radius 3 is 3.04 bits per heavy atom. The van der Waals surface area contributed by atoms with Gasteiger partial charge in [0.1, 0.15) is 11.5 Å². The number of fused-ring (bicyclic) bond motifs is 1. The van der Waals surface area contributed by atoms with E-state index in [0.717, 1.165) is 48.2 Å². The molecule has 1 atom stereocenters. The Morgan fingerprint density at radius 2 is 2.26 bits per heavy atom. The third-order valence-corrected chi connectivity index (χ3v) is 5.46. The molecule has 7 nitrogen and oxygen atoms in total. The summed E-state index contributed by atoms with van der Waals surface area (Å²) in [4.78, 5) is 17.0. The number of benzene rings is 1. The van der Waals surface area contributed by atoms with E-state index in [1.165, 1.54) is 0 Å². The minimum absolute atomic E-state index is 0.0509. The molecule has 0 saturated carbocycles. The summed E-state index contributed by atoms with van der Waals surface area (Å²) < 4.78 is 2.11. The van der Waals surface area contributed by atoms with Crippen LogP contribution >= 0.6 is 11.3 Å². The van der Waals surface area contributed by atoms with Gasteiger partial charge in [-0.2, -0.15) is 5.26 Å². The van der Waals surface area contributed by atoms with Gasteiger partial charge in [0.25, 0.3) is 5.91 Å². The first-order valence-corrected chi connectivity index (χ1v) is 9.67. The van der Waals surface area contributed by atoms with Crippen molar-refractivity contribution in [3.05, 3.63) is 51.6 Å². The maximum atomic E-state index is 12.5. The third kappa shape index (κ3) is 3.59. The van der Waals surface area contributed by atoms with Crippen molar-refractivity contribution in [3.8, 4) is 17.6 Å². The molecule has 0 fully saturated rings. The van der Waals surface area contributed by atoms with Gasteiger partial charge >= 0.3 is 0 Å². The molecule has 1 unspecified atom stereocenters. The van der Waals surface area contributed by atoms with Crippen LogP contribution in [-0.4, -0.2) is 31.7 Å². The van der Waals surface area contributed by atoms with E-state index in [0.29, 0.717) is 11.1 Å². The zero-order valence-electron chi connectivity index (χ0n) is 14.8. The highest BCUT2D eigenvalue weighted by Gasteiger charge is 2.23. The molecule has 1 N–H and O–H groups in total. The monoisotopic (exact) mass is 378 g/mol. The van der Waals surface area contributed by atoms with E-state index >= 15 is 0 Å². The molecule has 1 amide bonds. The largest absolute Gasteiger partial charge is 0.349 e. The lowest BCUT2D eigenvalue weighted by Crippen LogP contribution is -2.35. The number of hydrogen-bond acceptors (Lipinski definition) is 6. The number of carbonyl (C=O) groups excluding carboxylic acids is 1. The SMILES string of the molecule is Cc1nc(-c2nnc3n2CCC(NC(=O)c2cccc(C#N)c2)CC3)cs1. The van der Waals surface area contributed by atoms with E-state index in [-0.39, 0.29) is 11.9 Å². The molecule has 4 rings (SSSR count). The van der Waals surface area contributed by atoms with Crippen LogP contribution < -0.4 is 5.32 Å². The van der Waals surface area contributed by atoms with Gasteiger partial charge < -0.3 is 9.88 Å². The maximum absolute atomic E-state index is 12.5. The number of amides is 1. The first kappa shape index (κ1) is 17.4.